The zero-order valence-corrected chi connectivity index (χ0v) is 7.96. The minimum Gasteiger partial charge on any atom is -0.398 e. The summed E-state index contributed by atoms with van der Waals surface area (Å²) in [6, 6.07) is 10.5. The van der Waals surface area contributed by atoms with Crippen molar-refractivity contribution in [3.63, 3.8) is 0 Å². The molecule has 0 spiro atoms. The van der Waals surface area contributed by atoms with E-state index in [1.54, 1.807) is 0 Å². The molecule has 0 saturated carbocycles. The van der Waals surface area contributed by atoms with Crippen LogP contribution in [0.25, 0.3) is 10.8 Å². The van der Waals surface area contributed by atoms with Gasteiger partial charge < -0.3 is 5.73 Å². The van der Waals surface area contributed by atoms with E-state index in [0.717, 1.165) is 11.3 Å². The largest absolute Gasteiger partial charge is 0.398 e. The van der Waals surface area contributed by atoms with Crippen LogP contribution in [0.1, 0.15) is 11.1 Å². The van der Waals surface area contributed by atoms with E-state index in [-0.39, 0.29) is 0 Å². The molecule has 0 atom stereocenters. The Morgan fingerprint density at radius 1 is 1.00 bits per heavy atom. The van der Waals surface area contributed by atoms with Crippen LogP contribution in [0.5, 0.6) is 0 Å². The monoisotopic (exact) mass is 171 g/mol. The zero-order chi connectivity index (χ0) is 9.42. The van der Waals surface area contributed by atoms with Gasteiger partial charge in [-0.3, -0.25) is 0 Å². The minimum absolute atomic E-state index is 0.904. The smallest absolute Gasteiger partial charge is 0.0423 e. The molecule has 0 aliphatic carbocycles. The Morgan fingerprint density at radius 2 is 1.69 bits per heavy atom. The maximum atomic E-state index is 5.99. The second kappa shape index (κ2) is 2.77. The van der Waals surface area contributed by atoms with Gasteiger partial charge in [-0.05, 0) is 30.9 Å². The Hall–Kier alpha value is -1.50. The van der Waals surface area contributed by atoms with Gasteiger partial charge in [0.1, 0.15) is 0 Å². The molecule has 2 N–H and O–H groups in total. The minimum atomic E-state index is 0.904. The first-order valence-electron chi connectivity index (χ1n) is 4.44. The molecule has 0 fully saturated rings. The maximum Gasteiger partial charge on any atom is 0.0423 e. The van der Waals surface area contributed by atoms with E-state index in [2.05, 4.69) is 37.3 Å². The second-order valence-electron chi connectivity index (χ2n) is 3.52. The van der Waals surface area contributed by atoms with Crippen molar-refractivity contribution in [1.82, 2.24) is 0 Å². The zero-order valence-electron chi connectivity index (χ0n) is 7.96. The molecule has 66 valence electrons. The van der Waals surface area contributed by atoms with Gasteiger partial charge in [-0.1, -0.05) is 29.8 Å². The topological polar surface area (TPSA) is 26.0 Å². The summed E-state index contributed by atoms with van der Waals surface area (Å²) >= 11 is 0. The Balaban J connectivity index is 2.89. The number of hydrogen-bond acceptors (Lipinski definition) is 1. The summed E-state index contributed by atoms with van der Waals surface area (Å²) in [5, 5.41) is 2.38. The average molecular weight is 171 g/mol. The van der Waals surface area contributed by atoms with E-state index >= 15 is 0 Å². The van der Waals surface area contributed by atoms with Gasteiger partial charge in [0.2, 0.25) is 0 Å². The molecule has 13 heavy (non-hydrogen) atoms. The molecule has 0 aliphatic heterocycles. The third kappa shape index (κ3) is 1.26. The van der Waals surface area contributed by atoms with Crippen LogP contribution >= 0.6 is 0 Å². The summed E-state index contributed by atoms with van der Waals surface area (Å²) in [5.41, 5.74) is 9.30. The third-order valence-corrected chi connectivity index (χ3v) is 2.44. The first-order chi connectivity index (χ1) is 6.18. The predicted octanol–water partition coefficient (Wildman–Crippen LogP) is 3.04. The van der Waals surface area contributed by atoms with Crippen LogP contribution in [0.15, 0.2) is 30.3 Å². The van der Waals surface area contributed by atoms with Crippen molar-refractivity contribution < 1.29 is 0 Å². The highest BCUT2D eigenvalue weighted by molar-refractivity contribution is 5.94. The van der Waals surface area contributed by atoms with Gasteiger partial charge in [0.15, 0.2) is 0 Å². The molecule has 2 rings (SSSR count). The molecule has 0 heterocycles. The third-order valence-electron chi connectivity index (χ3n) is 2.44. The molecule has 1 heteroatoms. The number of fused-ring (bicyclic) bond motifs is 1. The number of rotatable bonds is 0. The van der Waals surface area contributed by atoms with Gasteiger partial charge in [-0.25, -0.2) is 0 Å². The van der Waals surface area contributed by atoms with E-state index in [0.29, 0.717) is 0 Å². The predicted molar refractivity (Wildman–Crippen MR) is 57.8 cm³/mol. The van der Waals surface area contributed by atoms with Crippen molar-refractivity contribution in [2.45, 2.75) is 13.8 Å². The van der Waals surface area contributed by atoms with Crippen molar-refractivity contribution >= 4 is 16.5 Å². The van der Waals surface area contributed by atoms with E-state index in [9.17, 15) is 0 Å². The highest BCUT2D eigenvalue weighted by Crippen LogP contribution is 2.24. The summed E-state index contributed by atoms with van der Waals surface area (Å²) in [7, 11) is 0. The molecule has 0 radical (unpaired) electrons. The summed E-state index contributed by atoms with van der Waals surface area (Å²) in [6.07, 6.45) is 0. The van der Waals surface area contributed by atoms with Gasteiger partial charge in [0.25, 0.3) is 0 Å². The second-order valence-corrected chi connectivity index (χ2v) is 3.52. The summed E-state index contributed by atoms with van der Waals surface area (Å²) in [6.45, 7) is 4.12. The van der Waals surface area contributed by atoms with E-state index in [4.69, 9.17) is 5.73 Å². The van der Waals surface area contributed by atoms with Crippen LogP contribution in [-0.2, 0) is 0 Å². The molecule has 2 aromatic rings. The van der Waals surface area contributed by atoms with Crippen molar-refractivity contribution in [3.05, 3.63) is 41.5 Å². The first-order valence-corrected chi connectivity index (χ1v) is 4.44. The Labute approximate surface area is 78.2 Å². The van der Waals surface area contributed by atoms with E-state index in [1.807, 2.05) is 6.92 Å². The van der Waals surface area contributed by atoms with Crippen LogP contribution in [0, 0.1) is 13.8 Å². The number of aryl methyl sites for hydroxylation is 2. The first kappa shape index (κ1) is 8.11. The standard InChI is InChI=1S/C12H13N/c1-8-3-5-10-6-4-9(2)12(13)11(10)7-8/h3-7H,13H2,1-2H3. The fraction of sp³-hybridized carbons (Fsp3) is 0.167. The number of nitrogens with two attached hydrogens (primary N) is 1. The average Bonchev–Trinajstić information content (AvgIpc) is 2.12. The lowest BCUT2D eigenvalue weighted by molar-refractivity contribution is 1.47. The highest BCUT2D eigenvalue weighted by atomic mass is 14.6. The fourth-order valence-electron chi connectivity index (χ4n) is 1.57. The molecular formula is C12H13N. The molecule has 0 amide bonds. The number of hydrogen-bond donors (Lipinski definition) is 1. The molecule has 0 aromatic heterocycles. The number of anilines is 1. The van der Waals surface area contributed by atoms with Crippen molar-refractivity contribution in [2.24, 2.45) is 0 Å². The van der Waals surface area contributed by atoms with Crippen molar-refractivity contribution in [3.8, 4) is 0 Å². The number of benzene rings is 2. The summed E-state index contributed by atoms with van der Waals surface area (Å²) in [4.78, 5) is 0. The van der Waals surface area contributed by atoms with E-state index < -0.39 is 0 Å². The van der Waals surface area contributed by atoms with Crippen LogP contribution < -0.4 is 5.73 Å². The van der Waals surface area contributed by atoms with Crippen LogP contribution in [0.2, 0.25) is 0 Å². The van der Waals surface area contributed by atoms with E-state index in [1.165, 1.54) is 16.3 Å². The lowest BCUT2D eigenvalue weighted by Crippen LogP contribution is -1.91. The quantitative estimate of drug-likeness (QED) is 0.606. The van der Waals surface area contributed by atoms with Gasteiger partial charge in [-0.15, -0.1) is 0 Å². The SMILES string of the molecule is Cc1ccc2ccc(C)c(N)c2c1. The van der Waals surface area contributed by atoms with Crippen LogP contribution in [-0.4, -0.2) is 0 Å². The molecule has 0 unspecified atom stereocenters. The maximum absolute atomic E-state index is 5.99. The number of nitrogen functional groups attached to an aromatic ring is 1. The van der Waals surface area contributed by atoms with Gasteiger partial charge >= 0.3 is 0 Å². The molecule has 2 aromatic carbocycles. The van der Waals surface area contributed by atoms with Crippen molar-refractivity contribution in [2.75, 3.05) is 5.73 Å². The Kier molecular flexibility index (Phi) is 1.73. The molecule has 1 nitrogen and oxygen atoms in total. The van der Waals surface area contributed by atoms with Gasteiger partial charge in [0, 0.05) is 11.1 Å². The Morgan fingerprint density at radius 3 is 2.46 bits per heavy atom. The molecule has 0 bridgehead atoms. The van der Waals surface area contributed by atoms with Gasteiger partial charge in [-0.2, -0.15) is 0 Å². The normalized spacial score (nSPS) is 10.6. The van der Waals surface area contributed by atoms with Gasteiger partial charge in [0.05, 0.1) is 0 Å². The molecule has 0 saturated heterocycles. The lowest BCUT2D eigenvalue weighted by Gasteiger charge is -2.05. The van der Waals surface area contributed by atoms with Crippen LogP contribution in [0.3, 0.4) is 0 Å². The fourth-order valence-corrected chi connectivity index (χ4v) is 1.57. The molecular weight excluding hydrogens is 158 g/mol. The Bertz CT molecular complexity index is 453. The van der Waals surface area contributed by atoms with Crippen LogP contribution in [0.4, 0.5) is 5.69 Å². The van der Waals surface area contributed by atoms with Crippen molar-refractivity contribution in [1.29, 1.82) is 0 Å². The lowest BCUT2D eigenvalue weighted by atomic mass is 10.0. The summed E-state index contributed by atoms with van der Waals surface area (Å²) in [5.74, 6) is 0. The highest BCUT2D eigenvalue weighted by Gasteiger charge is 2.00. The molecule has 0 aliphatic rings. The summed E-state index contributed by atoms with van der Waals surface area (Å²) < 4.78 is 0.